The topological polar surface area (TPSA) is 74.6 Å². The number of hydrogen-bond acceptors (Lipinski definition) is 4. The highest BCUT2D eigenvalue weighted by molar-refractivity contribution is 6.01. The van der Waals surface area contributed by atoms with Crippen LogP contribution in [0.15, 0.2) is 129 Å². The molecule has 2 rings (SSSR count). The van der Waals surface area contributed by atoms with Gasteiger partial charge in [0, 0.05) is 0 Å². The lowest BCUT2D eigenvalue weighted by Crippen LogP contribution is -2.35. The van der Waals surface area contributed by atoms with Crippen LogP contribution in [0.3, 0.4) is 0 Å². The lowest BCUT2D eigenvalue weighted by molar-refractivity contribution is -0.125. The molecule has 2 aliphatic carbocycles. The van der Waals surface area contributed by atoms with E-state index in [1.807, 2.05) is 56.4 Å². The van der Waals surface area contributed by atoms with Crippen molar-refractivity contribution in [2.45, 2.75) is 101 Å². The van der Waals surface area contributed by atoms with E-state index in [2.05, 4.69) is 91.8 Å². The molecule has 0 spiro atoms. The minimum atomic E-state index is -0.907. The maximum absolute atomic E-state index is 12.4. The molecule has 0 amide bonds. The highest BCUT2D eigenvalue weighted by atomic mass is 16.3. The number of aliphatic hydroxyl groups is 2. The van der Waals surface area contributed by atoms with Crippen molar-refractivity contribution in [2.24, 2.45) is 17.3 Å². The van der Waals surface area contributed by atoms with Crippen molar-refractivity contribution in [3.8, 4) is 0 Å². The second-order valence-corrected chi connectivity index (χ2v) is 13.9. The molecule has 4 nitrogen and oxygen atoms in total. The third-order valence-corrected chi connectivity index (χ3v) is 9.09. The van der Waals surface area contributed by atoms with Gasteiger partial charge in [0.15, 0.2) is 11.6 Å². The van der Waals surface area contributed by atoms with Gasteiger partial charge in [-0.1, -0.05) is 123 Å². The van der Waals surface area contributed by atoms with Crippen LogP contribution in [0.2, 0.25) is 0 Å². The predicted octanol–water partition coefficient (Wildman–Crippen LogP) is 9.54. The molecule has 0 aromatic rings. The predicted molar refractivity (Wildman–Crippen MR) is 194 cm³/mol. The number of carbonyl (C=O) groups is 2. The van der Waals surface area contributed by atoms with Gasteiger partial charge in [-0.25, -0.2) is 0 Å². The highest BCUT2D eigenvalue weighted by Crippen LogP contribution is 2.40. The number of rotatable bonds is 11. The standard InChI is InChI=1S/C42H56O4/c1-27(2)36-25-38(43)40(45)33(8)35(36)23-20-30(5)19-22-32(7)31(6)18-13-12-15-28(3)16-14-17-29(4)21-24-37-34(9)41(46)39(44)26-42(37,10)11/h12-24,27,36,38-39,43-44H,25-26H2,1-11H3/b13-12+,16-14+,23-20+,24-21+,28-15+,29-17+,30-19+,31-18+,32-22+. The molecule has 0 aliphatic heterocycles. The Morgan fingerprint density at radius 2 is 1.22 bits per heavy atom. The minimum absolute atomic E-state index is 0.158. The molecule has 0 bridgehead atoms. The van der Waals surface area contributed by atoms with Gasteiger partial charge in [-0.05, 0) is 112 Å². The normalized spacial score (nSPS) is 24.8. The molecular weight excluding hydrogens is 568 g/mol. The third-order valence-electron chi connectivity index (χ3n) is 9.09. The Morgan fingerprint density at radius 1 is 0.696 bits per heavy atom. The van der Waals surface area contributed by atoms with Crippen LogP contribution < -0.4 is 0 Å². The lowest BCUT2D eigenvalue weighted by atomic mass is 9.71. The maximum atomic E-state index is 12.4. The number of ketones is 2. The summed E-state index contributed by atoms with van der Waals surface area (Å²) < 4.78 is 0. The second kappa shape index (κ2) is 17.4. The Balaban J connectivity index is 2.01. The fourth-order valence-electron chi connectivity index (χ4n) is 5.83. The summed E-state index contributed by atoms with van der Waals surface area (Å²) in [6, 6.07) is 0. The van der Waals surface area contributed by atoms with E-state index >= 15 is 0 Å². The summed E-state index contributed by atoms with van der Waals surface area (Å²) >= 11 is 0. The summed E-state index contributed by atoms with van der Waals surface area (Å²) in [7, 11) is 0. The molecule has 2 N–H and O–H groups in total. The fourth-order valence-corrected chi connectivity index (χ4v) is 5.83. The molecule has 0 aromatic heterocycles. The van der Waals surface area contributed by atoms with E-state index in [1.54, 1.807) is 6.92 Å². The Kier molecular flexibility index (Phi) is 14.6. The monoisotopic (exact) mass is 624 g/mol. The molecular formula is C42H56O4. The van der Waals surface area contributed by atoms with Crippen molar-refractivity contribution in [1.29, 1.82) is 0 Å². The van der Waals surface area contributed by atoms with E-state index in [0.717, 1.165) is 27.9 Å². The van der Waals surface area contributed by atoms with Gasteiger partial charge < -0.3 is 10.2 Å². The van der Waals surface area contributed by atoms with E-state index in [9.17, 15) is 19.8 Å². The van der Waals surface area contributed by atoms with Crippen molar-refractivity contribution in [1.82, 2.24) is 0 Å². The first-order chi connectivity index (χ1) is 21.5. The Hall–Kier alpha value is -3.60. The molecule has 0 aromatic carbocycles. The Bertz CT molecular complexity index is 1500. The molecule has 0 radical (unpaired) electrons. The summed E-state index contributed by atoms with van der Waals surface area (Å²) in [4.78, 5) is 24.6. The molecule has 4 heteroatoms. The van der Waals surface area contributed by atoms with E-state index in [-0.39, 0.29) is 22.9 Å². The van der Waals surface area contributed by atoms with Crippen molar-refractivity contribution < 1.29 is 19.8 Å². The summed E-state index contributed by atoms with van der Waals surface area (Å²) in [5.74, 6) is 0.192. The van der Waals surface area contributed by atoms with Crippen LogP contribution in [-0.2, 0) is 9.59 Å². The molecule has 0 saturated heterocycles. The highest BCUT2D eigenvalue weighted by Gasteiger charge is 2.36. The maximum Gasteiger partial charge on any atom is 0.187 e. The van der Waals surface area contributed by atoms with Crippen LogP contribution in [0.5, 0.6) is 0 Å². The zero-order valence-electron chi connectivity index (χ0n) is 29.9. The average molecular weight is 625 g/mol. The molecule has 0 heterocycles. The Morgan fingerprint density at radius 3 is 1.87 bits per heavy atom. The van der Waals surface area contributed by atoms with Gasteiger partial charge in [0.25, 0.3) is 0 Å². The molecule has 0 saturated carbocycles. The smallest absolute Gasteiger partial charge is 0.187 e. The summed E-state index contributed by atoms with van der Waals surface area (Å²) in [5, 5.41) is 20.2. The number of allylic oxidation sites excluding steroid dienone is 20. The largest absolute Gasteiger partial charge is 0.385 e. The third kappa shape index (κ3) is 11.0. The van der Waals surface area contributed by atoms with Crippen LogP contribution in [0.1, 0.15) is 89.0 Å². The summed E-state index contributed by atoms with van der Waals surface area (Å²) in [5.41, 5.74) is 8.72. The van der Waals surface area contributed by atoms with Crippen molar-refractivity contribution >= 4 is 11.6 Å². The van der Waals surface area contributed by atoms with Crippen molar-refractivity contribution in [3.63, 3.8) is 0 Å². The zero-order valence-corrected chi connectivity index (χ0v) is 29.9. The summed E-state index contributed by atoms with van der Waals surface area (Å²) in [6.45, 7) is 22.4. The molecule has 2 aliphatic rings. The van der Waals surface area contributed by atoms with Crippen molar-refractivity contribution in [2.75, 3.05) is 0 Å². The number of Topliss-reactive ketones (excluding diaryl/α,β-unsaturated/α-hetero) is 2. The van der Waals surface area contributed by atoms with E-state index in [1.165, 1.54) is 11.1 Å². The number of carbonyl (C=O) groups excluding carboxylic acids is 2. The van der Waals surface area contributed by atoms with Gasteiger partial charge in [0.2, 0.25) is 0 Å². The van der Waals surface area contributed by atoms with E-state index in [4.69, 9.17) is 0 Å². The first kappa shape index (κ1) is 38.6. The van der Waals surface area contributed by atoms with Crippen LogP contribution in [0.4, 0.5) is 0 Å². The number of hydrogen-bond donors (Lipinski definition) is 2. The van der Waals surface area contributed by atoms with Crippen LogP contribution >= 0.6 is 0 Å². The molecule has 46 heavy (non-hydrogen) atoms. The molecule has 3 atom stereocenters. The first-order valence-electron chi connectivity index (χ1n) is 16.4. The molecule has 0 fully saturated rings. The van der Waals surface area contributed by atoms with Crippen LogP contribution in [0.25, 0.3) is 0 Å². The van der Waals surface area contributed by atoms with Crippen LogP contribution in [-0.4, -0.2) is 34.0 Å². The number of aliphatic hydroxyl groups excluding tert-OH is 2. The van der Waals surface area contributed by atoms with Gasteiger partial charge >= 0.3 is 0 Å². The lowest BCUT2D eigenvalue weighted by Gasteiger charge is -2.34. The van der Waals surface area contributed by atoms with Gasteiger partial charge in [-0.3, -0.25) is 9.59 Å². The zero-order chi connectivity index (χ0) is 34.8. The van der Waals surface area contributed by atoms with Gasteiger partial charge in [0.1, 0.15) is 12.2 Å². The molecule has 248 valence electrons. The fraction of sp³-hybridized carbons (Fsp3) is 0.429. The minimum Gasteiger partial charge on any atom is -0.385 e. The van der Waals surface area contributed by atoms with Gasteiger partial charge in [-0.2, -0.15) is 0 Å². The van der Waals surface area contributed by atoms with E-state index < -0.39 is 12.2 Å². The molecule has 3 unspecified atom stereocenters. The summed E-state index contributed by atoms with van der Waals surface area (Å²) in [6.07, 6.45) is 25.8. The average Bonchev–Trinajstić information content (AvgIpc) is 2.98. The van der Waals surface area contributed by atoms with Crippen LogP contribution in [0, 0.1) is 17.3 Å². The quantitative estimate of drug-likeness (QED) is 0.225. The van der Waals surface area contributed by atoms with Crippen molar-refractivity contribution in [3.05, 3.63) is 129 Å². The van der Waals surface area contributed by atoms with E-state index in [0.29, 0.717) is 29.9 Å². The Labute approximate surface area is 278 Å². The first-order valence-corrected chi connectivity index (χ1v) is 16.4. The SMILES string of the molecule is CC1=C(/C=C/C(C)=C/C=C(C)/C(C)=C/C=C/C=C(C)/C=C/C=C(C)/C=C/C2=C(C)C(=O)C(O)CC2(C)C)C(C(C)C)CC(O)C1=O. The van der Waals surface area contributed by atoms with Gasteiger partial charge in [0.05, 0.1) is 0 Å². The van der Waals surface area contributed by atoms with Gasteiger partial charge in [-0.15, -0.1) is 0 Å². The second-order valence-electron chi connectivity index (χ2n) is 13.9.